The third kappa shape index (κ3) is 3.06. The van der Waals surface area contributed by atoms with Gasteiger partial charge in [0.15, 0.2) is 10.6 Å². The van der Waals surface area contributed by atoms with E-state index in [1.807, 2.05) is 6.92 Å². The van der Waals surface area contributed by atoms with Crippen molar-refractivity contribution in [2.75, 3.05) is 25.4 Å². The molecule has 0 bridgehead atoms. The van der Waals surface area contributed by atoms with E-state index < -0.39 is 17.3 Å². The molecule has 0 aromatic rings. The van der Waals surface area contributed by atoms with Crippen LogP contribution >= 0.6 is 36.2 Å². The largest absolute Gasteiger partial charge is 0.477 e. The molecule has 0 radical (unpaired) electrons. The molecule has 0 amide bonds. The van der Waals surface area contributed by atoms with Crippen LogP contribution in [-0.4, -0.2) is 80.2 Å². The summed E-state index contributed by atoms with van der Waals surface area (Å²) in [6.07, 6.45) is 0. The number of aliphatic imine (C=N–C) groups is 2. The molecule has 4 aliphatic rings. The van der Waals surface area contributed by atoms with Crippen molar-refractivity contribution in [1.82, 2.24) is 4.90 Å². The number of hydrogen-bond donors (Lipinski definition) is 2. The van der Waals surface area contributed by atoms with Gasteiger partial charge in [-0.15, -0.1) is 24.4 Å². The van der Waals surface area contributed by atoms with Crippen molar-refractivity contribution >= 4 is 59.0 Å². The van der Waals surface area contributed by atoms with E-state index in [-0.39, 0.29) is 28.9 Å². The number of thioether (sulfide) groups is 2. The number of thiol groups is 1. The highest BCUT2D eigenvalue weighted by molar-refractivity contribution is 8.14. The normalized spacial score (nSPS) is 37.9. The number of ether oxygens (including phenoxy) is 1. The fourth-order valence-corrected chi connectivity index (χ4v) is 6.51. The van der Waals surface area contributed by atoms with Gasteiger partial charge in [0.05, 0.1) is 17.8 Å². The van der Waals surface area contributed by atoms with Crippen LogP contribution in [0.1, 0.15) is 6.92 Å². The minimum atomic E-state index is -0.998. The molecule has 5 atom stereocenters. The van der Waals surface area contributed by atoms with Crippen molar-refractivity contribution < 1.29 is 19.4 Å². The van der Waals surface area contributed by atoms with Gasteiger partial charge in [-0.25, -0.2) is 4.79 Å². The van der Waals surface area contributed by atoms with Gasteiger partial charge < -0.3 is 14.7 Å². The van der Waals surface area contributed by atoms with E-state index in [1.165, 1.54) is 0 Å². The average Bonchev–Trinajstić information content (AvgIpc) is 3.13. The van der Waals surface area contributed by atoms with E-state index in [0.29, 0.717) is 5.25 Å². The quantitative estimate of drug-likeness (QED) is 0.533. The summed E-state index contributed by atoms with van der Waals surface area (Å²) in [5.74, 6) is -0.760. The van der Waals surface area contributed by atoms with Gasteiger partial charge in [-0.1, -0.05) is 18.7 Å². The zero-order valence-electron chi connectivity index (χ0n) is 13.6. The van der Waals surface area contributed by atoms with E-state index in [2.05, 4.69) is 27.5 Å². The second-order valence-electron chi connectivity index (χ2n) is 6.62. The zero-order valence-corrected chi connectivity index (χ0v) is 16.1. The van der Waals surface area contributed by atoms with Crippen molar-refractivity contribution in [1.29, 1.82) is 0 Å². The third-order valence-electron chi connectivity index (χ3n) is 5.00. The molecule has 136 valence electrons. The minimum absolute atomic E-state index is 0.0316. The fourth-order valence-electron chi connectivity index (χ4n) is 3.58. The Hall–Kier alpha value is -0.870. The second-order valence-corrected chi connectivity index (χ2v) is 9.64. The summed E-state index contributed by atoms with van der Waals surface area (Å²) in [6.45, 7) is 4.63. The van der Waals surface area contributed by atoms with Crippen molar-refractivity contribution in [2.45, 2.75) is 28.9 Å². The lowest BCUT2D eigenvalue weighted by Crippen LogP contribution is -2.53. The van der Waals surface area contributed by atoms with Gasteiger partial charge in [-0.3, -0.25) is 14.8 Å². The van der Waals surface area contributed by atoms with Gasteiger partial charge in [0.2, 0.25) is 0 Å². The summed E-state index contributed by atoms with van der Waals surface area (Å²) in [5.41, 5.74) is -0.312. The fraction of sp³-hybridized carbons (Fsp3) is 0.733. The van der Waals surface area contributed by atoms with Crippen LogP contribution in [0, 0.1) is 11.8 Å². The first-order valence-corrected chi connectivity index (χ1v) is 10.7. The average molecular weight is 402 g/mol. The summed E-state index contributed by atoms with van der Waals surface area (Å²) in [5, 5.41) is 10.8. The number of carboxylic acids is 1. The maximum absolute atomic E-state index is 11.7. The first-order chi connectivity index (χ1) is 12.0. The van der Waals surface area contributed by atoms with E-state index in [1.54, 1.807) is 23.5 Å². The molecular weight excluding hydrogens is 382 g/mol. The number of amidine groups is 1. The van der Waals surface area contributed by atoms with Crippen molar-refractivity contribution in [3.8, 4) is 0 Å². The van der Waals surface area contributed by atoms with Gasteiger partial charge in [0.1, 0.15) is 11.6 Å². The first kappa shape index (κ1) is 17.5. The molecule has 25 heavy (non-hydrogen) atoms. The van der Waals surface area contributed by atoms with Crippen molar-refractivity contribution in [2.24, 2.45) is 21.8 Å². The Labute approximate surface area is 159 Å². The Morgan fingerprint density at radius 2 is 2.24 bits per heavy atom. The SMILES string of the molecule is CC1C(SC2CN(C3=NCCS3)C2)C(C(=O)O)=NC1[C@@H]1C(=O)O[C@@H]1S. The van der Waals surface area contributed by atoms with Crippen molar-refractivity contribution in [3.63, 3.8) is 0 Å². The van der Waals surface area contributed by atoms with Crippen LogP contribution < -0.4 is 0 Å². The standard InChI is InChI=1S/C15H19N3O4S3/c1-6-9(8-13(21)22-14(8)23)17-10(12(19)20)11(6)25-7-4-18(5-7)15-16-2-3-24-15/h6-9,11,14,23H,2-5H2,1H3,(H,19,20)/t6?,8-,9?,11?,14-/m1/s1. The first-order valence-electron chi connectivity index (χ1n) is 8.23. The lowest BCUT2D eigenvalue weighted by atomic mass is 9.87. The van der Waals surface area contributed by atoms with Crippen molar-refractivity contribution in [3.05, 3.63) is 0 Å². The monoisotopic (exact) mass is 401 g/mol. The molecule has 0 spiro atoms. The molecule has 0 saturated carbocycles. The molecular formula is C15H19N3O4S3. The molecule has 7 nitrogen and oxygen atoms in total. The number of carboxylic acid groups (broad SMARTS) is 1. The molecule has 0 aliphatic carbocycles. The van der Waals surface area contributed by atoms with Crippen LogP contribution in [0.5, 0.6) is 0 Å². The molecule has 10 heteroatoms. The smallest absolute Gasteiger partial charge is 0.350 e. The lowest BCUT2D eigenvalue weighted by molar-refractivity contribution is -0.175. The topological polar surface area (TPSA) is 91.6 Å². The summed E-state index contributed by atoms with van der Waals surface area (Å²) in [7, 11) is 0. The highest BCUT2D eigenvalue weighted by Gasteiger charge is 2.53. The molecule has 1 N–H and O–H groups in total. The number of aliphatic carboxylic acids is 1. The molecule has 4 heterocycles. The van der Waals surface area contributed by atoms with Crippen LogP contribution in [0.3, 0.4) is 0 Å². The minimum Gasteiger partial charge on any atom is -0.477 e. The van der Waals surface area contributed by atoms with Crippen LogP contribution in [-0.2, 0) is 14.3 Å². The predicted octanol–water partition coefficient (Wildman–Crippen LogP) is 0.848. The van der Waals surface area contributed by atoms with Gasteiger partial charge in [-0.05, 0) is 5.92 Å². The van der Waals surface area contributed by atoms with Gasteiger partial charge in [-0.2, -0.15) is 0 Å². The van der Waals surface area contributed by atoms with Crippen LogP contribution in [0.2, 0.25) is 0 Å². The Morgan fingerprint density at radius 3 is 2.80 bits per heavy atom. The van der Waals surface area contributed by atoms with Gasteiger partial charge >= 0.3 is 11.9 Å². The molecule has 4 aliphatic heterocycles. The highest BCUT2D eigenvalue weighted by Crippen LogP contribution is 2.43. The molecule has 3 unspecified atom stereocenters. The Morgan fingerprint density at radius 1 is 1.48 bits per heavy atom. The molecule has 2 fully saturated rings. The molecule has 4 rings (SSSR count). The van der Waals surface area contributed by atoms with Crippen LogP contribution in [0.4, 0.5) is 0 Å². The van der Waals surface area contributed by atoms with E-state index in [9.17, 15) is 14.7 Å². The van der Waals surface area contributed by atoms with Gasteiger partial charge in [0, 0.05) is 24.1 Å². The third-order valence-corrected chi connectivity index (χ3v) is 8.09. The number of esters is 1. The number of carbonyl (C=O) groups excluding carboxylic acids is 1. The number of hydrogen-bond acceptors (Lipinski definition) is 9. The summed E-state index contributed by atoms with van der Waals surface area (Å²) < 4.78 is 4.91. The number of carbonyl (C=O) groups is 2. The Bertz CT molecular complexity index is 664. The highest BCUT2D eigenvalue weighted by atomic mass is 32.2. The van der Waals surface area contributed by atoms with E-state index >= 15 is 0 Å². The number of likely N-dealkylation sites (tertiary alicyclic amines) is 1. The summed E-state index contributed by atoms with van der Waals surface area (Å²) in [4.78, 5) is 34.5. The van der Waals surface area contributed by atoms with Gasteiger partial charge in [0.25, 0.3) is 0 Å². The lowest BCUT2D eigenvalue weighted by Gasteiger charge is -2.42. The number of cyclic esters (lactones) is 1. The summed E-state index contributed by atoms with van der Waals surface area (Å²) >= 11 is 7.68. The van der Waals surface area contributed by atoms with Crippen LogP contribution in [0.15, 0.2) is 9.98 Å². The van der Waals surface area contributed by atoms with E-state index in [0.717, 1.165) is 30.6 Å². The summed E-state index contributed by atoms with van der Waals surface area (Å²) in [6, 6.07) is -0.363. The molecule has 2 saturated heterocycles. The molecule has 0 aromatic carbocycles. The van der Waals surface area contributed by atoms with Crippen LogP contribution in [0.25, 0.3) is 0 Å². The predicted molar refractivity (Wildman–Crippen MR) is 102 cm³/mol. The number of rotatable bonds is 4. The maximum Gasteiger partial charge on any atom is 0.350 e. The Balaban J connectivity index is 1.41. The van der Waals surface area contributed by atoms with E-state index in [4.69, 9.17) is 4.74 Å². The number of nitrogens with zero attached hydrogens (tertiary/aromatic N) is 3. The second kappa shape index (κ2) is 6.70. The Kier molecular flexibility index (Phi) is 4.70. The maximum atomic E-state index is 11.7. The molecule has 0 aromatic heterocycles. The zero-order chi connectivity index (χ0) is 17.7.